The zero-order valence-electron chi connectivity index (χ0n) is 16.1. The molecule has 144 valence electrons. The number of anilines is 1. The number of carbonyl (C=O) groups excluding carboxylic acids is 2. The monoisotopic (exact) mass is 369 g/mol. The van der Waals surface area contributed by atoms with Crippen molar-refractivity contribution in [2.75, 3.05) is 32.6 Å². The van der Waals surface area contributed by atoms with Crippen LogP contribution in [0.2, 0.25) is 0 Å². The standard InChI is InChI=1S/C21H27N3O3/c1-24(2)18-10-6-16(7-11-18)5-4-14-22-20(25)21(26)23-15-17-8-12-19(27-3)13-9-17/h6-13H,4-5,14-15H2,1-3H3,(H,22,25)(H,23,26). The second-order valence-electron chi connectivity index (χ2n) is 6.45. The van der Waals surface area contributed by atoms with E-state index < -0.39 is 11.8 Å². The molecule has 0 aliphatic carbocycles. The summed E-state index contributed by atoms with van der Waals surface area (Å²) in [4.78, 5) is 25.7. The van der Waals surface area contributed by atoms with Crippen LogP contribution in [0.3, 0.4) is 0 Å². The quantitative estimate of drug-likeness (QED) is 0.552. The number of nitrogens with one attached hydrogen (secondary N) is 2. The van der Waals surface area contributed by atoms with Gasteiger partial charge in [0, 0.05) is 32.9 Å². The van der Waals surface area contributed by atoms with E-state index in [9.17, 15) is 9.59 Å². The number of benzene rings is 2. The second-order valence-corrected chi connectivity index (χ2v) is 6.45. The molecule has 0 aliphatic heterocycles. The van der Waals surface area contributed by atoms with Gasteiger partial charge in [-0.3, -0.25) is 9.59 Å². The van der Waals surface area contributed by atoms with Crippen LogP contribution >= 0.6 is 0 Å². The molecule has 0 saturated heterocycles. The number of rotatable bonds is 8. The van der Waals surface area contributed by atoms with E-state index in [4.69, 9.17) is 4.74 Å². The van der Waals surface area contributed by atoms with E-state index in [0.717, 1.165) is 29.8 Å². The number of nitrogens with zero attached hydrogens (tertiary/aromatic N) is 1. The molecule has 0 atom stereocenters. The molecule has 0 aromatic heterocycles. The van der Waals surface area contributed by atoms with E-state index in [1.165, 1.54) is 5.56 Å². The zero-order valence-corrected chi connectivity index (χ0v) is 16.1. The van der Waals surface area contributed by atoms with Gasteiger partial charge in [-0.15, -0.1) is 0 Å². The first-order chi connectivity index (χ1) is 13.0. The van der Waals surface area contributed by atoms with Gasteiger partial charge in [-0.2, -0.15) is 0 Å². The van der Waals surface area contributed by atoms with Crippen LogP contribution in [0.5, 0.6) is 5.75 Å². The van der Waals surface area contributed by atoms with Gasteiger partial charge in [-0.05, 0) is 48.2 Å². The van der Waals surface area contributed by atoms with Crippen molar-refractivity contribution in [1.82, 2.24) is 10.6 Å². The van der Waals surface area contributed by atoms with Crippen molar-refractivity contribution >= 4 is 17.5 Å². The van der Waals surface area contributed by atoms with Crippen LogP contribution in [0.15, 0.2) is 48.5 Å². The topological polar surface area (TPSA) is 70.7 Å². The molecule has 6 heteroatoms. The maximum Gasteiger partial charge on any atom is 0.309 e. The van der Waals surface area contributed by atoms with E-state index in [1.807, 2.05) is 38.4 Å². The molecule has 0 radical (unpaired) electrons. The highest BCUT2D eigenvalue weighted by Gasteiger charge is 2.12. The molecular formula is C21H27N3O3. The summed E-state index contributed by atoms with van der Waals surface area (Å²) in [5.74, 6) is -0.480. The van der Waals surface area contributed by atoms with Gasteiger partial charge in [-0.1, -0.05) is 24.3 Å². The number of hydrogen-bond donors (Lipinski definition) is 2. The highest BCUT2D eigenvalue weighted by atomic mass is 16.5. The molecule has 2 N–H and O–H groups in total. The Hall–Kier alpha value is -3.02. The Morgan fingerprint density at radius 1 is 0.889 bits per heavy atom. The van der Waals surface area contributed by atoms with Crippen LogP contribution in [-0.2, 0) is 22.6 Å². The average Bonchev–Trinajstić information content (AvgIpc) is 2.69. The zero-order chi connectivity index (χ0) is 19.6. The predicted molar refractivity (Wildman–Crippen MR) is 107 cm³/mol. The van der Waals surface area contributed by atoms with Crippen molar-refractivity contribution in [2.24, 2.45) is 0 Å². The summed E-state index contributed by atoms with van der Waals surface area (Å²) in [5.41, 5.74) is 3.26. The number of hydrogen-bond acceptors (Lipinski definition) is 4. The van der Waals surface area contributed by atoms with Crippen LogP contribution in [-0.4, -0.2) is 39.6 Å². The number of ether oxygens (including phenoxy) is 1. The summed E-state index contributed by atoms with van der Waals surface area (Å²) in [6.07, 6.45) is 1.63. The van der Waals surface area contributed by atoms with Crippen molar-refractivity contribution in [3.05, 3.63) is 59.7 Å². The lowest BCUT2D eigenvalue weighted by atomic mass is 10.1. The minimum Gasteiger partial charge on any atom is -0.497 e. The van der Waals surface area contributed by atoms with E-state index in [1.54, 1.807) is 7.11 Å². The van der Waals surface area contributed by atoms with Crippen molar-refractivity contribution in [2.45, 2.75) is 19.4 Å². The number of carbonyl (C=O) groups is 2. The molecule has 2 aromatic rings. The fraction of sp³-hybridized carbons (Fsp3) is 0.333. The Morgan fingerprint density at radius 3 is 2.07 bits per heavy atom. The minimum absolute atomic E-state index is 0.300. The van der Waals surface area contributed by atoms with Gasteiger partial charge in [0.05, 0.1) is 7.11 Å². The second kappa shape index (κ2) is 10.2. The number of aryl methyl sites for hydroxylation is 1. The van der Waals surface area contributed by atoms with Gasteiger partial charge in [0.15, 0.2) is 0 Å². The van der Waals surface area contributed by atoms with Crippen molar-refractivity contribution in [1.29, 1.82) is 0 Å². The Kier molecular flexibility index (Phi) is 7.67. The van der Waals surface area contributed by atoms with Crippen molar-refractivity contribution < 1.29 is 14.3 Å². The lowest BCUT2D eigenvalue weighted by Gasteiger charge is -2.12. The fourth-order valence-electron chi connectivity index (χ4n) is 2.54. The highest BCUT2D eigenvalue weighted by Crippen LogP contribution is 2.13. The maximum absolute atomic E-state index is 11.9. The predicted octanol–water partition coefficient (Wildman–Crippen LogP) is 2.13. The van der Waals surface area contributed by atoms with Gasteiger partial charge in [0.25, 0.3) is 0 Å². The molecule has 0 aliphatic rings. The van der Waals surface area contributed by atoms with Gasteiger partial charge in [-0.25, -0.2) is 0 Å². The summed E-state index contributed by atoms with van der Waals surface area (Å²) in [7, 11) is 5.61. The molecular weight excluding hydrogens is 342 g/mol. The van der Waals surface area contributed by atoms with Crippen LogP contribution in [0, 0.1) is 0 Å². The molecule has 0 saturated carbocycles. The molecule has 2 amide bonds. The number of amides is 2. The third-order valence-electron chi connectivity index (χ3n) is 4.20. The van der Waals surface area contributed by atoms with Crippen LogP contribution in [0.25, 0.3) is 0 Å². The average molecular weight is 369 g/mol. The lowest BCUT2D eigenvalue weighted by molar-refractivity contribution is -0.139. The molecule has 0 bridgehead atoms. The smallest absolute Gasteiger partial charge is 0.309 e. The van der Waals surface area contributed by atoms with E-state index in [2.05, 4.69) is 39.8 Å². The van der Waals surface area contributed by atoms with E-state index in [0.29, 0.717) is 13.1 Å². The minimum atomic E-state index is -0.624. The first-order valence-electron chi connectivity index (χ1n) is 8.95. The van der Waals surface area contributed by atoms with Crippen molar-refractivity contribution in [3.63, 3.8) is 0 Å². The maximum atomic E-state index is 11.9. The van der Waals surface area contributed by atoms with Gasteiger partial charge in [0.1, 0.15) is 5.75 Å². The third-order valence-corrected chi connectivity index (χ3v) is 4.20. The Balaban J connectivity index is 1.66. The summed E-state index contributed by atoms with van der Waals surface area (Å²) in [6.45, 7) is 0.763. The molecule has 27 heavy (non-hydrogen) atoms. The summed E-state index contributed by atoms with van der Waals surface area (Å²) < 4.78 is 5.08. The first kappa shape index (κ1) is 20.3. The van der Waals surface area contributed by atoms with Gasteiger partial charge < -0.3 is 20.3 Å². The lowest BCUT2D eigenvalue weighted by Crippen LogP contribution is -2.40. The SMILES string of the molecule is COc1ccc(CNC(=O)C(=O)NCCCc2ccc(N(C)C)cc2)cc1. The molecule has 0 heterocycles. The van der Waals surface area contributed by atoms with E-state index in [-0.39, 0.29) is 0 Å². The van der Waals surface area contributed by atoms with Gasteiger partial charge >= 0.3 is 11.8 Å². The van der Waals surface area contributed by atoms with E-state index >= 15 is 0 Å². The molecule has 2 rings (SSSR count). The molecule has 0 spiro atoms. The first-order valence-corrected chi connectivity index (χ1v) is 8.95. The third kappa shape index (κ3) is 6.66. The fourth-order valence-corrected chi connectivity index (χ4v) is 2.54. The summed E-state index contributed by atoms with van der Waals surface area (Å²) in [6, 6.07) is 15.6. The van der Waals surface area contributed by atoms with Gasteiger partial charge in [0.2, 0.25) is 0 Å². The summed E-state index contributed by atoms with van der Waals surface area (Å²) >= 11 is 0. The highest BCUT2D eigenvalue weighted by molar-refractivity contribution is 6.35. The molecule has 6 nitrogen and oxygen atoms in total. The van der Waals surface area contributed by atoms with Crippen molar-refractivity contribution in [3.8, 4) is 5.75 Å². The van der Waals surface area contributed by atoms with Crippen LogP contribution < -0.4 is 20.3 Å². The molecule has 2 aromatic carbocycles. The van der Waals surface area contributed by atoms with Crippen LogP contribution in [0.4, 0.5) is 5.69 Å². The largest absolute Gasteiger partial charge is 0.497 e. The number of methoxy groups -OCH3 is 1. The van der Waals surface area contributed by atoms with Crippen LogP contribution in [0.1, 0.15) is 17.5 Å². The summed E-state index contributed by atoms with van der Waals surface area (Å²) in [5, 5.41) is 5.27. The Bertz CT molecular complexity index is 740. The molecule has 0 fully saturated rings. The molecule has 0 unspecified atom stereocenters. The Labute approximate surface area is 160 Å². The Morgan fingerprint density at radius 2 is 1.48 bits per heavy atom. The normalized spacial score (nSPS) is 10.2.